The Hall–Kier alpha value is -1.08. The molecular formula is C56H72Si2Zr3-2. The predicted octanol–water partition coefficient (Wildman–Crippen LogP) is 14.8. The summed E-state index contributed by atoms with van der Waals surface area (Å²) in [4.78, 5) is 0. The average Bonchev–Trinajstić information content (AvgIpc) is 4.12. The molecule has 0 N–H and O–H groups in total. The van der Waals surface area contributed by atoms with Crippen molar-refractivity contribution in [3.63, 3.8) is 0 Å². The van der Waals surface area contributed by atoms with E-state index in [-0.39, 0.29) is 78.6 Å². The maximum atomic E-state index is 2.42. The summed E-state index contributed by atoms with van der Waals surface area (Å²) in [5.41, 5.74) is 2.44. The summed E-state index contributed by atoms with van der Waals surface area (Å²) in [5, 5.41) is 0. The number of hydrogen-bond donors (Lipinski definition) is 0. The van der Waals surface area contributed by atoms with Crippen molar-refractivity contribution in [1.29, 1.82) is 0 Å². The SMILES string of the molecule is C(C=Cc1ccccc1)=Cc1ccccc1.C1=CC2[CH-]CCC2C=C1.C1=CC2[CH-]CCC2C=C1.C1=CC2[CH-]CCC2C=C1.C1=CC2[CH-]CCC2C=C1.C[SiH]C.C[SiH]C.[Zr+2].[Zr].[Zr]. The molecule has 8 aliphatic carbocycles. The molecule has 2 radical (unpaired) electrons. The zero-order chi connectivity index (χ0) is 40.9. The van der Waals surface area contributed by atoms with E-state index < -0.39 is 0 Å². The van der Waals surface area contributed by atoms with Crippen LogP contribution in [0.5, 0.6) is 0 Å². The summed E-state index contributed by atoms with van der Waals surface area (Å²) in [6.07, 6.45) is 64.5. The van der Waals surface area contributed by atoms with Crippen LogP contribution in [0.1, 0.15) is 62.5 Å². The van der Waals surface area contributed by atoms with E-state index in [0.717, 1.165) is 66.4 Å². The van der Waals surface area contributed by atoms with Gasteiger partial charge in [-0.15, -0.1) is 48.0 Å². The molecule has 2 aromatic rings. The van der Waals surface area contributed by atoms with E-state index >= 15 is 0 Å². The first-order chi connectivity index (χ1) is 28.6. The van der Waals surface area contributed by atoms with Gasteiger partial charge in [-0.3, -0.25) is 0 Å². The number of benzene rings is 2. The third-order valence-electron chi connectivity index (χ3n) is 11.2. The van der Waals surface area contributed by atoms with Gasteiger partial charge in [0.25, 0.3) is 0 Å². The Labute approximate surface area is 437 Å². The molecule has 10 rings (SSSR count). The van der Waals surface area contributed by atoms with Gasteiger partial charge in [-0.05, 0) is 34.8 Å². The van der Waals surface area contributed by atoms with Gasteiger partial charge in [-0.1, -0.05) is 210 Å². The van der Waals surface area contributed by atoms with E-state index in [4.69, 9.17) is 0 Å². The van der Waals surface area contributed by atoms with Crippen molar-refractivity contribution in [3.8, 4) is 0 Å². The molecule has 8 unspecified atom stereocenters. The van der Waals surface area contributed by atoms with Crippen LogP contribution >= 0.6 is 0 Å². The summed E-state index contributed by atoms with van der Waals surface area (Å²) in [6, 6.07) is 20.6. The van der Waals surface area contributed by atoms with E-state index in [1.54, 1.807) is 0 Å². The second kappa shape index (κ2) is 37.2. The molecule has 0 aromatic heterocycles. The van der Waals surface area contributed by atoms with E-state index in [1.807, 2.05) is 36.4 Å². The molecule has 2 aromatic carbocycles. The Kier molecular flexibility index (Phi) is 35.3. The summed E-state index contributed by atoms with van der Waals surface area (Å²) in [6.45, 7) is 8.83. The van der Waals surface area contributed by atoms with Crippen LogP contribution in [0.4, 0.5) is 0 Å². The molecule has 0 saturated heterocycles. The zero-order valence-electron chi connectivity index (χ0n) is 37.6. The molecule has 0 aliphatic heterocycles. The molecule has 4 saturated carbocycles. The fourth-order valence-corrected chi connectivity index (χ4v) is 8.24. The molecule has 0 heterocycles. The second-order valence-corrected chi connectivity index (χ2v) is 18.3. The fourth-order valence-electron chi connectivity index (χ4n) is 8.24. The third-order valence-corrected chi connectivity index (χ3v) is 11.2. The van der Waals surface area contributed by atoms with Gasteiger partial charge in [0.15, 0.2) is 0 Å². The Bertz CT molecular complexity index is 1410. The van der Waals surface area contributed by atoms with Gasteiger partial charge in [-0.25, -0.2) is 0 Å². The minimum Gasteiger partial charge on any atom is -0.321 e. The molecular weight excluding hydrogens is 1000 g/mol. The van der Waals surface area contributed by atoms with Gasteiger partial charge in [-0.2, -0.15) is 25.7 Å². The predicted molar refractivity (Wildman–Crippen MR) is 264 cm³/mol. The van der Waals surface area contributed by atoms with Gasteiger partial charge in [0.1, 0.15) is 0 Å². The van der Waals surface area contributed by atoms with Crippen LogP contribution in [0.3, 0.4) is 0 Å². The van der Waals surface area contributed by atoms with Gasteiger partial charge in [0.2, 0.25) is 0 Å². The summed E-state index contributed by atoms with van der Waals surface area (Å²) < 4.78 is 0. The molecule has 5 heteroatoms. The molecule has 0 amide bonds. The largest absolute Gasteiger partial charge is 2.00 e. The summed E-state index contributed by atoms with van der Waals surface area (Å²) in [7, 11) is 1.50. The topological polar surface area (TPSA) is 0 Å². The van der Waals surface area contributed by atoms with Gasteiger partial charge >= 0.3 is 26.2 Å². The van der Waals surface area contributed by atoms with E-state index in [9.17, 15) is 0 Å². The Morgan fingerprint density at radius 1 is 0.393 bits per heavy atom. The van der Waals surface area contributed by atoms with Crippen molar-refractivity contribution in [3.05, 3.63) is 207 Å². The zero-order valence-corrected chi connectivity index (χ0v) is 47.2. The smallest absolute Gasteiger partial charge is 0.321 e. The van der Waals surface area contributed by atoms with Gasteiger partial charge < -0.3 is 25.7 Å². The van der Waals surface area contributed by atoms with Crippen molar-refractivity contribution in [1.82, 2.24) is 0 Å². The molecule has 318 valence electrons. The van der Waals surface area contributed by atoms with Crippen LogP contribution in [-0.4, -0.2) is 19.0 Å². The van der Waals surface area contributed by atoms with Crippen LogP contribution in [0.15, 0.2) is 170 Å². The van der Waals surface area contributed by atoms with Gasteiger partial charge in [0.05, 0.1) is 0 Å². The average molecular weight is 1080 g/mol. The Morgan fingerprint density at radius 3 is 0.852 bits per heavy atom. The molecule has 0 spiro atoms. The quantitative estimate of drug-likeness (QED) is 0.163. The first kappa shape index (κ1) is 57.9. The number of hydrogen-bond acceptors (Lipinski definition) is 0. The van der Waals surface area contributed by atoms with Crippen molar-refractivity contribution in [2.24, 2.45) is 47.3 Å². The summed E-state index contributed by atoms with van der Waals surface area (Å²) in [5.74, 6) is 6.46. The van der Waals surface area contributed by atoms with E-state index in [1.165, 1.54) is 62.5 Å². The normalized spacial score (nSPS) is 26.6. The van der Waals surface area contributed by atoms with Crippen LogP contribution in [0.25, 0.3) is 12.2 Å². The maximum absolute atomic E-state index is 2.42. The Balaban J connectivity index is 0.000000371. The van der Waals surface area contributed by atoms with Gasteiger partial charge in [0, 0.05) is 71.4 Å². The van der Waals surface area contributed by atoms with Crippen molar-refractivity contribution in [2.75, 3.05) is 0 Å². The number of rotatable bonds is 3. The van der Waals surface area contributed by atoms with Crippen molar-refractivity contribution >= 4 is 31.2 Å². The first-order valence-electron chi connectivity index (χ1n) is 22.3. The van der Waals surface area contributed by atoms with Crippen LogP contribution in [0, 0.1) is 73.0 Å². The second-order valence-electron chi connectivity index (χ2n) is 16.0. The van der Waals surface area contributed by atoms with Crippen molar-refractivity contribution < 1.29 is 78.6 Å². The van der Waals surface area contributed by atoms with E-state index in [2.05, 4.69) is 198 Å². The summed E-state index contributed by atoms with van der Waals surface area (Å²) >= 11 is 0. The maximum Gasteiger partial charge on any atom is 2.00 e. The molecule has 61 heavy (non-hydrogen) atoms. The van der Waals surface area contributed by atoms with Crippen molar-refractivity contribution in [2.45, 2.75) is 77.6 Å². The molecule has 8 atom stereocenters. The van der Waals surface area contributed by atoms with Crippen LogP contribution in [0.2, 0.25) is 26.2 Å². The van der Waals surface area contributed by atoms with Crippen LogP contribution < -0.4 is 0 Å². The van der Waals surface area contributed by atoms with Crippen LogP contribution in [-0.2, 0) is 78.6 Å². The Morgan fingerprint density at radius 2 is 0.623 bits per heavy atom. The van der Waals surface area contributed by atoms with E-state index in [0.29, 0.717) is 0 Å². The monoisotopic (exact) mass is 1070 g/mol. The fraction of sp³-hybridized carbons (Fsp3) is 0.357. The molecule has 0 bridgehead atoms. The third kappa shape index (κ3) is 23.6. The standard InChI is InChI=1S/C16H14.4C9H11.2C2H7Si.3Zr/c1-3-9-15(10-4-1)13-7-8-14-16-11-5-2-6-12-16;4*1-2-5-9-7-3-6-8(9)4-1;2*1-3-2;;;/h1-14H;4*1-2,4-6,8-9H,3,7H2;2*3H,1-2H3;;;/q;4*-1;;;;;+2. The number of allylic oxidation sites excluding steroid dienone is 18. The minimum atomic E-state index is 0. The molecule has 0 nitrogen and oxygen atoms in total. The molecule has 8 aliphatic rings. The molecule has 4 fully saturated rings. The first-order valence-corrected chi connectivity index (χ1v) is 26.9. The minimum absolute atomic E-state index is 0. The number of fused-ring (bicyclic) bond motifs is 4.